The van der Waals surface area contributed by atoms with Crippen molar-refractivity contribution in [1.29, 1.82) is 0 Å². The number of carbonyl (C=O) groups is 1. The normalized spacial score (nSPS) is 21.9. The van der Waals surface area contributed by atoms with Crippen molar-refractivity contribution in [2.75, 3.05) is 39.3 Å². The second kappa shape index (κ2) is 7.38. The molecule has 1 aliphatic rings. The molecule has 1 amide bonds. The number of likely N-dealkylation sites (N-methyl/N-ethyl adjacent to an activating group) is 1. The quantitative estimate of drug-likeness (QED) is 0.816. The van der Waals surface area contributed by atoms with E-state index in [-0.39, 0.29) is 17.9 Å². The molecule has 0 radical (unpaired) electrons. The Bertz CT molecular complexity index is 450. The Hall–Kier alpha value is -1.43. The molecule has 1 aromatic rings. The van der Waals surface area contributed by atoms with Crippen molar-refractivity contribution in [2.24, 2.45) is 5.92 Å². The number of amides is 1. The van der Waals surface area contributed by atoms with Crippen LogP contribution in [0.3, 0.4) is 0 Å². The Kier molecular flexibility index (Phi) is 5.52. The third-order valence-corrected chi connectivity index (χ3v) is 3.64. The van der Waals surface area contributed by atoms with Gasteiger partial charge in [-0.3, -0.25) is 4.79 Å². The van der Waals surface area contributed by atoms with Gasteiger partial charge in [-0.2, -0.15) is 0 Å². The minimum atomic E-state index is -0.143. The van der Waals surface area contributed by atoms with Crippen LogP contribution >= 0.6 is 0 Å². The molecular formula is C15H22N2O3. The largest absolute Gasteiger partial charge is 0.384 e. The molecule has 5 heteroatoms. The van der Waals surface area contributed by atoms with Crippen LogP contribution in [0.5, 0.6) is 0 Å². The summed E-state index contributed by atoms with van der Waals surface area (Å²) < 4.78 is 10.5. The highest BCUT2D eigenvalue weighted by molar-refractivity contribution is 5.94. The first-order chi connectivity index (χ1) is 9.76. The summed E-state index contributed by atoms with van der Waals surface area (Å²) in [7, 11) is 3.53. The molecule has 20 heavy (non-hydrogen) atoms. The number of nitrogens with one attached hydrogen (secondary N) is 2. The van der Waals surface area contributed by atoms with Gasteiger partial charge in [0, 0.05) is 18.8 Å². The molecule has 0 spiro atoms. The van der Waals surface area contributed by atoms with Gasteiger partial charge < -0.3 is 20.1 Å². The maximum atomic E-state index is 12.3. The fourth-order valence-electron chi connectivity index (χ4n) is 2.39. The summed E-state index contributed by atoms with van der Waals surface area (Å²) in [6.45, 7) is 1.69. The number of methoxy groups -OCH3 is 1. The third kappa shape index (κ3) is 3.56. The summed E-state index contributed by atoms with van der Waals surface area (Å²) in [4.78, 5) is 12.3. The van der Waals surface area contributed by atoms with E-state index >= 15 is 0 Å². The van der Waals surface area contributed by atoms with E-state index in [4.69, 9.17) is 9.47 Å². The number of hydrogen-bond donors (Lipinski definition) is 2. The van der Waals surface area contributed by atoms with Crippen LogP contribution in [-0.2, 0) is 20.7 Å². The van der Waals surface area contributed by atoms with Gasteiger partial charge in [0.25, 0.3) is 0 Å². The summed E-state index contributed by atoms with van der Waals surface area (Å²) in [5.41, 5.74) is 1.94. The molecule has 0 aromatic heterocycles. The zero-order valence-corrected chi connectivity index (χ0v) is 12.0. The van der Waals surface area contributed by atoms with E-state index in [2.05, 4.69) is 10.6 Å². The molecule has 1 fully saturated rings. The predicted octanol–water partition coefficient (Wildman–Crippen LogP) is 1.05. The van der Waals surface area contributed by atoms with Crippen LogP contribution in [-0.4, -0.2) is 45.9 Å². The molecular weight excluding hydrogens is 256 g/mol. The van der Waals surface area contributed by atoms with Gasteiger partial charge in [-0.15, -0.1) is 0 Å². The van der Waals surface area contributed by atoms with Gasteiger partial charge in [0.15, 0.2) is 0 Å². The molecule has 2 N–H and O–H groups in total. The van der Waals surface area contributed by atoms with Crippen molar-refractivity contribution < 1.29 is 14.3 Å². The van der Waals surface area contributed by atoms with Gasteiger partial charge in [-0.05, 0) is 25.1 Å². The fraction of sp³-hybridized carbons (Fsp3) is 0.533. The van der Waals surface area contributed by atoms with E-state index in [1.165, 1.54) is 0 Å². The van der Waals surface area contributed by atoms with Gasteiger partial charge in [-0.25, -0.2) is 0 Å². The molecule has 1 aliphatic heterocycles. The molecule has 1 heterocycles. The molecule has 0 bridgehead atoms. The number of rotatable bonds is 6. The van der Waals surface area contributed by atoms with Crippen molar-refractivity contribution in [3.8, 4) is 0 Å². The number of ether oxygens (including phenoxy) is 2. The van der Waals surface area contributed by atoms with Crippen molar-refractivity contribution >= 4 is 11.6 Å². The Morgan fingerprint density at radius 2 is 2.20 bits per heavy atom. The average Bonchev–Trinajstić information content (AvgIpc) is 2.95. The second-order valence-corrected chi connectivity index (χ2v) is 4.93. The van der Waals surface area contributed by atoms with Gasteiger partial charge in [0.1, 0.15) is 0 Å². The Labute approximate surface area is 119 Å². The fourth-order valence-corrected chi connectivity index (χ4v) is 2.39. The predicted molar refractivity (Wildman–Crippen MR) is 77.8 cm³/mol. The maximum Gasteiger partial charge on any atom is 0.231 e. The van der Waals surface area contributed by atoms with Crippen molar-refractivity contribution in [3.05, 3.63) is 29.8 Å². The topological polar surface area (TPSA) is 59.6 Å². The molecule has 110 valence electrons. The van der Waals surface area contributed by atoms with E-state index in [1.54, 1.807) is 7.11 Å². The van der Waals surface area contributed by atoms with Gasteiger partial charge in [-0.1, -0.05) is 18.2 Å². The first-order valence-corrected chi connectivity index (χ1v) is 6.89. The lowest BCUT2D eigenvalue weighted by Crippen LogP contribution is -2.39. The summed E-state index contributed by atoms with van der Waals surface area (Å²) in [6, 6.07) is 7.91. The van der Waals surface area contributed by atoms with E-state index in [0.717, 1.165) is 17.7 Å². The Morgan fingerprint density at radius 3 is 2.95 bits per heavy atom. The van der Waals surface area contributed by atoms with Crippen LogP contribution in [0, 0.1) is 5.92 Å². The molecule has 5 nitrogen and oxygen atoms in total. The lowest BCUT2D eigenvalue weighted by Gasteiger charge is -2.18. The van der Waals surface area contributed by atoms with Crippen LogP contribution in [0.4, 0.5) is 5.69 Å². The molecule has 2 unspecified atom stereocenters. The van der Waals surface area contributed by atoms with E-state index in [0.29, 0.717) is 19.8 Å². The first kappa shape index (κ1) is 15.0. The number of hydrogen-bond acceptors (Lipinski definition) is 4. The van der Waals surface area contributed by atoms with E-state index in [9.17, 15) is 4.79 Å². The number of benzene rings is 1. The molecule has 2 rings (SSSR count). The Morgan fingerprint density at radius 1 is 1.40 bits per heavy atom. The highest BCUT2D eigenvalue weighted by Gasteiger charge is 2.33. The third-order valence-electron chi connectivity index (χ3n) is 3.64. The van der Waals surface area contributed by atoms with Crippen LogP contribution in [0.1, 0.15) is 5.56 Å². The monoisotopic (exact) mass is 278 g/mol. The number of para-hydroxylation sites is 1. The summed E-state index contributed by atoms with van der Waals surface area (Å²) >= 11 is 0. The van der Waals surface area contributed by atoms with Gasteiger partial charge in [0.2, 0.25) is 5.91 Å². The van der Waals surface area contributed by atoms with E-state index < -0.39 is 0 Å². The van der Waals surface area contributed by atoms with Gasteiger partial charge >= 0.3 is 0 Å². The number of anilines is 1. The first-order valence-electron chi connectivity index (χ1n) is 6.89. The highest BCUT2D eigenvalue weighted by Crippen LogP contribution is 2.20. The maximum absolute atomic E-state index is 12.3. The minimum absolute atomic E-state index is 0.00622. The number of carbonyl (C=O) groups excluding carboxylic acids is 1. The average molecular weight is 278 g/mol. The van der Waals surface area contributed by atoms with Crippen molar-refractivity contribution in [1.82, 2.24) is 5.32 Å². The molecule has 0 aliphatic carbocycles. The highest BCUT2D eigenvalue weighted by atomic mass is 16.5. The summed E-state index contributed by atoms with van der Waals surface area (Å²) in [6.07, 6.45) is 0.781. The van der Waals surface area contributed by atoms with Crippen LogP contribution in [0.2, 0.25) is 0 Å². The standard InChI is InChI=1S/C15H22N2O3/c1-16-14-10-20-9-12(14)15(18)17-13-6-4-3-5-11(13)7-8-19-2/h3-6,12,14,16H,7-10H2,1-2H3,(H,17,18). The molecule has 1 saturated heterocycles. The molecule has 0 saturated carbocycles. The zero-order chi connectivity index (χ0) is 14.4. The zero-order valence-electron chi connectivity index (χ0n) is 12.0. The minimum Gasteiger partial charge on any atom is -0.384 e. The molecule has 2 atom stereocenters. The second-order valence-electron chi connectivity index (χ2n) is 4.93. The SMILES string of the molecule is CNC1COCC1C(=O)Nc1ccccc1CCOC. The summed E-state index contributed by atoms with van der Waals surface area (Å²) in [5.74, 6) is -0.137. The van der Waals surface area contributed by atoms with Crippen molar-refractivity contribution in [3.63, 3.8) is 0 Å². The van der Waals surface area contributed by atoms with E-state index in [1.807, 2.05) is 31.3 Å². The lowest BCUT2D eigenvalue weighted by atomic mass is 10.0. The van der Waals surface area contributed by atoms with Crippen LogP contribution in [0.25, 0.3) is 0 Å². The van der Waals surface area contributed by atoms with Gasteiger partial charge in [0.05, 0.1) is 25.7 Å². The van der Waals surface area contributed by atoms with Crippen molar-refractivity contribution in [2.45, 2.75) is 12.5 Å². The summed E-state index contributed by atoms with van der Waals surface area (Å²) in [5, 5.41) is 6.13. The smallest absolute Gasteiger partial charge is 0.231 e. The van der Waals surface area contributed by atoms with Crippen LogP contribution < -0.4 is 10.6 Å². The Balaban J connectivity index is 2.03. The van der Waals surface area contributed by atoms with Crippen LogP contribution in [0.15, 0.2) is 24.3 Å². The lowest BCUT2D eigenvalue weighted by molar-refractivity contribution is -0.120. The molecule has 1 aromatic carbocycles.